The number of imidazole rings is 1. The van der Waals surface area contributed by atoms with E-state index in [9.17, 15) is 4.79 Å². The maximum Gasteiger partial charge on any atom is 0.244 e. The summed E-state index contributed by atoms with van der Waals surface area (Å²) in [5, 5.41) is 3.78. The van der Waals surface area contributed by atoms with Crippen molar-refractivity contribution in [3.8, 4) is 0 Å². The summed E-state index contributed by atoms with van der Waals surface area (Å²) in [7, 11) is 0. The van der Waals surface area contributed by atoms with Crippen LogP contribution in [0.5, 0.6) is 0 Å². The summed E-state index contributed by atoms with van der Waals surface area (Å²) in [4.78, 5) is 19.5. The van der Waals surface area contributed by atoms with Crippen LogP contribution in [0, 0.1) is 0 Å². The Morgan fingerprint density at radius 3 is 2.79 bits per heavy atom. The summed E-state index contributed by atoms with van der Waals surface area (Å²) in [6, 6.07) is 13.0. The standard InChI is InChI=1S/C18H15Cl2N3O/c19-13-7-5-12(11-14(13)20)6-8-18(24)21-10-9-17-22-15-3-1-2-4-16(15)23-17/h1-8,11H,9-10H2,(H,21,24)(H,22,23)/b8-6+. The first-order chi connectivity index (χ1) is 11.6. The summed E-state index contributed by atoms with van der Waals surface area (Å²) in [5.41, 5.74) is 2.74. The van der Waals surface area contributed by atoms with E-state index in [0.29, 0.717) is 23.0 Å². The molecule has 3 aromatic rings. The Kier molecular flexibility index (Phi) is 5.18. The molecular formula is C18H15Cl2N3O. The summed E-state index contributed by atoms with van der Waals surface area (Å²) in [6.45, 7) is 0.504. The number of amides is 1. The topological polar surface area (TPSA) is 57.8 Å². The zero-order valence-corrected chi connectivity index (χ0v) is 14.2. The Balaban J connectivity index is 1.51. The molecule has 2 N–H and O–H groups in total. The van der Waals surface area contributed by atoms with Gasteiger partial charge in [-0.3, -0.25) is 4.79 Å². The third-order valence-corrected chi connectivity index (χ3v) is 4.21. The maximum absolute atomic E-state index is 11.8. The van der Waals surface area contributed by atoms with Gasteiger partial charge in [-0.05, 0) is 35.9 Å². The Morgan fingerprint density at radius 2 is 2.00 bits per heavy atom. The smallest absolute Gasteiger partial charge is 0.244 e. The van der Waals surface area contributed by atoms with E-state index in [1.807, 2.05) is 24.3 Å². The van der Waals surface area contributed by atoms with E-state index in [0.717, 1.165) is 22.4 Å². The van der Waals surface area contributed by atoms with Crippen LogP contribution in [-0.2, 0) is 11.2 Å². The van der Waals surface area contributed by atoms with E-state index in [1.54, 1.807) is 24.3 Å². The fourth-order valence-electron chi connectivity index (χ4n) is 2.28. The predicted molar refractivity (Wildman–Crippen MR) is 98.3 cm³/mol. The normalized spacial score (nSPS) is 11.2. The lowest BCUT2D eigenvalue weighted by molar-refractivity contribution is -0.116. The van der Waals surface area contributed by atoms with Crippen molar-refractivity contribution < 1.29 is 4.79 Å². The first kappa shape index (κ1) is 16.6. The number of nitrogens with zero attached hydrogens (tertiary/aromatic N) is 1. The second kappa shape index (κ2) is 7.51. The number of hydrogen-bond donors (Lipinski definition) is 2. The Bertz CT molecular complexity index is 869. The van der Waals surface area contributed by atoms with Crippen LogP contribution in [0.1, 0.15) is 11.4 Å². The molecule has 0 aliphatic heterocycles. The zero-order valence-electron chi connectivity index (χ0n) is 12.7. The molecule has 0 saturated heterocycles. The average Bonchev–Trinajstić information content (AvgIpc) is 2.98. The molecule has 0 unspecified atom stereocenters. The molecule has 6 heteroatoms. The van der Waals surface area contributed by atoms with Gasteiger partial charge in [0, 0.05) is 19.0 Å². The molecule has 2 aromatic carbocycles. The van der Waals surface area contributed by atoms with Crippen LogP contribution in [-0.4, -0.2) is 22.4 Å². The fraction of sp³-hybridized carbons (Fsp3) is 0.111. The van der Waals surface area contributed by atoms with E-state index in [-0.39, 0.29) is 5.91 Å². The second-order valence-electron chi connectivity index (χ2n) is 5.25. The quantitative estimate of drug-likeness (QED) is 0.669. The zero-order chi connectivity index (χ0) is 16.9. The van der Waals surface area contributed by atoms with Crippen LogP contribution in [0.25, 0.3) is 17.1 Å². The number of carbonyl (C=O) groups excluding carboxylic acids is 1. The number of nitrogens with one attached hydrogen (secondary N) is 2. The highest BCUT2D eigenvalue weighted by atomic mass is 35.5. The minimum absolute atomic E-state index is 0.169. The van der Waals surface area contributed by atoms with Crippen molar-refractivity contribution in [3.63, 3.8) is 0 Å². The highest BCUT2D eigenvalue weighted by Gasteiger charge is 2.03. The summed E-state index contributed by atoms with van der Waals surface area (Å²) >= 11 is 11.8. The van der Waals surface area contributed by atoms with Crippen LogP contribution >= 0.6 is 23.2 Å². The minimum atomic E-state index is -0.169. The third kappa shape index (κ3) is 4.16. The first-order valence-electron chi connectivity index (χ1n) is 7.46. The number of benzene rings is 2. The van der Waals surface area contributed by atoms with Gasteiger partial charge in [0.05, 0.1) is 21.1 Å². The lowest BCUT2D eigenvalue weighted by Crippen LogP contribution is -2.23. The molecule has 0 radical (unpaired) electrons. The van der Waals surface area contributed by atoms with Crippen LogP contribution in [0.2, 0.25) is 10.0 Å². The Labute approximate surface area is 149 Å². The number of fused-ring (bicyclic) bond motifs is 1. The second-order valence-corrected chi connectivity index (χ2v) is 6.06. The number of rotatable bonds is 5. The van der Waals surface area contributed by atoms with Gasteiger partial charge < -0.3 is 10.3 Å². The highest BCUT2D eigenvalue weighted by Crippen LogP contribution is 2.23. The van der Waals surface area contributed by atoms with Gasteiger partial charge in [0.25, 0.3) is 0 Å². The van der Waals surface area contributed by atoms with Gasteiger partial charge in [0.1, 0.15) is 5.82 Å². The molecule has 0 aliphatic rings. The molecule has 0 fully saturated rings. The van der Waals surface area contributed by atoms with Crippen LogP contribution in [0.15, 0.2) is 48.5 Å². The van der Waals surface area contributed by atoms with E-state index in [4.69, 9.17) is 23.2 Å². The molecule has 1 heterocycles. The molecule has 4 nitrogen and oxygen atoms in total. The van der Waals surface area contributed by atoms with Gasteiger partial charge in [-0.25, -0.2) is 4.98 Å². The number of carbonyl (C=O) groups is 1. The van der Waals surface area contributed by atoms with Crippen LogP contribution in [0.3, 0.4) is 0 Å². The lowest BCUT2D eigenvalue weighted by Gasteiger charge is -2.00. The van der Waals surface area contributed by atoms with Crippen LogP contribution < -0.4 is 5.32 Å². The molecule has 0 spiro atoms. The SMILES string of the molecule is O=C(/C=C/c1ccc(Cl)c(Cl)c1)NCCc1nc2ccccc2[nH]1. The van der Waals surface area contributed by atoms with Crippen molar-refractivity contribution in [3.05, 3.63) is 70.0 Å². The molecule has 0 atom stereocenters. The molecule has 0 aliphatic carbocycles. The number of H-pyrrole nitrogens is 1. The van der Waals surface area contributed by atoms with Crippen molar-refractivity contribution in [2.24, 2.45) is 0 Å². The van der Waals surface area contributed by atoms with Gasteiger partial charge in [-0.1, -0.05) is 41.4 Å². The molecule has 1 amide bonds. The number of aromatic amines is 1. The van der Waals surface area contributed by atoms with E-state index >= 15 is 0 Å². The highest BCUT2D eigenvalue weighted by molar-refractivity contribution is 6.42. The van der Waals surface area contributed by atoms with Crippen molar-refractivity contribution in [2.45, 2.75) is 6.42 Å². The van der Waals surface area contributed by atoms with E-state index in [2.05, 4.69) is 15.3 Å². The molecule has 0 saturated carbocycles. The van der Waals surface area contributed by atoms with E-state index < -0.39 is 0 Å². The van der Waals surface area contributed by atoms with Gasteiger partial charge in [-0.2, -0.15) is 0 Å². The fourth-order valence-corrected chi connectivity index (χ4v) is 2.58. The number of para-hydroxylation sites is 2. The molecule has 1 aromatic heterocycles. The number of aromatic nitrogens is 2. The van der Waals surface area contributed by atoms with Crippen molar-refractivity contribution in [1.82, 2.24) is 15.3 Å². The molecule has 122 valence electrons. The summed E-state index contributed by atoms with van der Waals surface area (Å²) in [6.07, 6.45) is 3.80. The van der Waals surface area contributed by atoms with Gasteiger partial charge in [-0.15, -0.1) is 0 Å². The first-order valence-corrected chi connectivity index (χ1v) is 8.22. The minimum Gasteiger partial charge on any atom is -0.352 e. The van der Waals surface area contributed by atoms with Gasteiger partial charge in [0.15, 0.2) is 0 Å². The van der Waals surface area contributed by atoms with E-state index in [1.165, 1.54) is 6.08 Å². The van der Waals surface area contributed by atoms with Gasteiger partial charge >= 0.3 is 0 Å². The number of hydrogen-bond acceptors (Lipinski definition) is 2. The molecular weight excluding hydrogens is 345 g/mol. The largest absolute Gasteiger partial charge is 0.352 e. The number of halogens is 2. The lowest BCUT2D eigenvalue weighted by atomic mass is 10.2. The average molecular weight is 360 g/mol. The maximum atomic E-state index is 11.8. The Hall–Kier alpha value is -2.30. The Morgan fingerprint density at radius 1 is 1.17 bits per heavy atom. The van der Waals surface area contributed by atoms with Gasteiger partial charge in [0.2, 0.25) is 5.91 Å². The molecule has 24 heavy (non-hydrogen) atoms. The third-order valence-electron chi connectivity index (χ3n) is 3.47. The molecule has 3 rings (SSSR count). The summed E-state index contributed by atoms with van der Waals surface area (Å²) in [5.74, 6) is 0.683. The van der Waals surface area contributed by atoms with Crippen molar-refractivity contribution in [2.75, 3.05) is 6.54 Å². The predicted octanol–water partition coefficient (Wildman–Crippen LogP) is 4.24. The monoisotopic (exact) mass is 359 g/mol. The van der Waals surface area contributed by atoms with Crippen LogP contribution in [0.4, 0.5) is 0 Å². The molecule has 0 bridgehead atoms. The van der Waals surface area contributed by atoms with Crippen molar-refractivity contribution in [1.29, 1.82) is 0 Å². The summed E-state index contributed by atoms with van der Waals surface area (Å²) < 4.78 is 0. The van der Waals surface area contributed by atoms with Crippen molar-refractivity contribution >= 4 is 46.2 Å².